The molecule has 0 saturated carbocycles. The molecule has 88 valence electrons. The molecule has 0 aliphatic carbocycles. The Bertz CT molecular complexity index is 493. The summed E-state index contributed by atoms with van der Waals surface area (Å²) in [5, 5.41) is 3.22. The monoisotopic (exact) mass is 228 g/mol. The van der Waals surface area contributed by atoms with Crippen LogP contribution in [0.2, 0.25) is 0 Å². The molecule has 1 aromatic carbocycles. The first-order chi connectivity index (χ1) is 8.15. The zero-order valence-electron chi connectivity index (χ0n) is 10.0. The summed E-state index contributed by atoms with van der Waals surface area (Å²) in [6.45, 7) is 4.14. The van der Waals surface area contributed by atoms with Crippen LogP contribution in [0.15, 0.2) is 36.5 Å². The Morgan fingerprint density at radius 3 is 2.53 bits per heavy atom. The normalized spacial score (nSPS) is 12.1. The molecule has 2 rings (SSSR count). The summed E-state index contributed by atoms with van der Waals surface area (Å²) in [5.74, 6) is 1.02. The van der Waals surface area contributed by atoms with Crippen LogP contribution >= 0.6 is 0 Å². The topological polar surface area (TPSA) is 63.8 Å². The van der Waals surface area contributed by atoms with Gasteiger partial charge < -0.3 is 11.1 Å². The molecule has 1 unspecified atom stereocenters. The highest BCUT2D eigenvalue weighted by Gasteiger charge is 2.06. The van der Waals surface area contributed by atoms with E-state index in [2.05, 4.69) is 53.4 Å². The Hall–Kier alpha value is -2.10. The highest BCUT2D eigenvalue weighted by Crippen LogP contribution is 2.17. The summed E-state index contributed by atoms with van der Waals surface area (Å²) in [6.07, 6.45) is 1.65. The number of hydrogen-bond acceptors (Lipinski definition) is 4. The number of rotatable bonds is 3. The van der Waals surface area contributed by atoms with Crippen LogP contribution in [0.4, 0.5) is 11.8 Å². The Morgan fingerprint density at radius 1 is 1.18 bits per heavy atom. The molecule has 0 spiro atoms. The minimum Gasteiger partial charge on any atom is -0.384 e. The summed E-state index contributed by atoms with van der Waals surface area (Å²) in [7, 11) is 0. The third-order valence-corrected chi connectivity index (χ3v) is 2.60. The Labute approximate surface area is 101 Å². The Morgan fingerprint density at radius 2 is 1.88 bits per heavy atom. The van der Waals surface area contributed by atoms with Crippen LogP contribution in [0, 0.1) is 6.92 Å². The molecule has 3 N–H and O–H groups in total. The van der Waals surface area contributed by atoms with E-state index in [1.807, 2.05) is 0 Å². The van der Waals surface area contributed by atoms with E-state index in [9.17, 15) is 0 Å². The molecule has 0 aliphatic rings. The van der Waals surface area contributed by atoms with Crippen molar-refractivity contribution in [3.8, 4) is 0 Å². The van der Waals surface area contributed by atoms with Crippen molar-refractivity contribution in [2.75, 3.05) is 11.1 Å². The minimum atomic E-state index is 0.150. The van der Waals surface area contributed by atoms with Crippen LogP contribution in [0.1, 0.15) is 24.1 Å². The van der Waals surface area contributed by atoms with Gasteiger partial charge in [-0.3, -0.25) is 0 Å². The second-order valence-corrected chi connectivity index (χ2v) is 4.08. The number of hydrogen-bond donors (Lipinski definition) is 2. The molecule has 0 fully saturated rings. The van der Waals surface area contributed by atoms with Crippen molar-refractivity contribution in [2.45, 2.75) is 19.9 Å². The van der Waals surface area contributed by atoms with Gasteiger partial charge in [-0.25, -0.2) is 4.98 Å². The fraction of sp³-hybridized carbons (Fsp3) is 0.231. The number of aryl methyl sites for hydroxylation is 1. The van der Waals surface area contributed by atoms with Crippen molar-refractivity contribution in [1.82, 2.24) is 9.97 Å². The van der Waals surface area contributed by atoms with Crippen LogP contribution in [0.3, 0.4) is 0 Å². The molecule has 0 saturated heterocycles. The standard InChI is InChI=1S/C13H16N4/c1-9-3-5-11(6-4-9)10(2)16-13-15-8-7-12(14)17-13/h3-8,10H,1-2H3,(H3,14,15,16,17). The molecule has 1 heterocycles. The first-order valence-electron chi connectivity index (χ1n) is 5.57. The average Bonchev–Trinajstić information content (AvgIpc) is 2.29. The third-order valence-electron chi connectivity index (χ3n) is 2.60. The first-order valence-corrected chi connectivity index (χ1v) is 5.57. The number of nitrogens with zero attached hydrogens (tertiary/aromatic N) is 2. The van der Waals surface area contributed by atoms with Crippen molar-refractivity contribution in [1.29, 1.82) is 0 Å². The van der Waals surface area contributed by atoms with Gasteiger partial charge in [-0.2, -0.15) is 4.98 Å². The summed E-state index contributed by atoms with van der Waals surface area (Å²) >= 11 is 0. The number of nitrogen functional groups attached to an aromatic ring is 1. The lowest BCUT2D eigenvalue weighted by atomic mass is 10.1. The Balaban J connectivity index is 2.11. The Kier molecular flexibility index (Phi) is 3.23. The lowest BCUT2D eigenvalue weighted by Crippen LogP contribution is -2.09. The molecule has 17 heavy (non-hydrogen) atoms. The van der Waals surface area contributed by atoms with Crippen molar-refractivity contribution < 1.29 is 0 Å². The predicted molar refractivity (Wildman–Crippen MR) is 69.7 cm³/mol. The number of nitrogens with one attached hydrogen (secondary N) is 1. The smallest absolute Gasteiger partial charge is 0.225 e. The molecule has 0 aliphatic heterocycles. The van der Waals surface area contributed by atoms with Gasteiger partial charge in [0, 0.05) is 6.20 Å². The van der Waals surface area contributed by atoms with E-state index in [1.54, 1.807) is 12.3 Å². The number of benzene rings is 1. The first kappa shape index (κ1) is 11.4. The maximum absolute atomic E-state index is 5.60. The van der Waals surface area contributed by atoms with Crippen LogP contribution < -0.4 is 11.1 Å². The quantitative estimate of drug-likeness (QED) is 0.847. The second kappa shape index (κ2) is 4.82. The molecule has 4 heteroatoms. The maximum atomic E-state index is 5.60. The average molecular weight is 228 g/mol. The van der Waals surface area contributed by atoms with Crippen molar-refractivity contribution in [2.24, 2.45) is 0 Å². The highest BCUT2D eigenvalue weighted by molar-refractivity contribution is 5.37. The van der Waals surface area contributed by atoms with Gasteiger partial charge in [0.15, 0.2) is 0 Å². The maximum Gasteiger partial charge on any atom is 0.225 e. The fourth-order valence-electron chi connectivity index (χ4n) is 1.57. The van der Waals surface area contributed by atoms with E-state index in [1.165, 1.54) is 11.1 Å². The molecule has 2 aromatic rings. The lowest BCUT2D eigenvalue weighted by molar-refractivity contribution is 0.861. The van der Waals surface area contributed by atoms with E-state index in [0.29, 0.717) is 11.8 Å². The van der Waals surface area contributed by atoms with Gasteiger partial charge in [-0.15, -0.1) is 0 Å². The molecule has 0 radical (unpaired) electrons. The lowest BCUT2D eigenvalue weighted by Gasteiger charge is -2.14. The molecule has 4 nitrogen and oxygen atoms in total. The number of nitrogens with two attached hydrogens (primary N) is 1. The van der Waals surface area contributed by atoms with Crippen molar-refractivity contribution in [3.05, 3.63) is 47.7 Å². The van der Waals surface area contributed by atoms with Crippen LogP contribution in [-0.2, 0) is 0 Å². The SMILES string of the molecule is Cc1ccc(C(C)Nc2nccc(N)n2)cc1. The molecule has 0 amide bonds. The van der Waals surface area contributed by atoms with Gasteiger partial charge in [0.1, 0.15) is 5.82 Å². The zero-order chi connectivity index (χ0) is 12.3. The van der Waals surface area contributed by atoms with Gasteiger partial charge >= 0.3 is 0 Å². The molecule has 1 atom stereocenters. The predicted octanol–water partition coefficient (Wildman–Crippen LogP) is 2.54. The molecular formula is C13H16N4. The summed E-state index contributed by atoms with van der Waals surface area (Å²) < 4.78 is 0. The number of anilines is 2. The van der Waals surface area contributed by atoms with Gasteiger partial charge in [-0.05, 0) is 25.5 Å². The minimum absolute atomic E-state index is 0.150. The largest absolute Gasteiger partial charge is 0.384 e. The van der Waals surface area contributed by atoms with E-state index >= 15 is 0 Å². The van der Waals surface area contributed by atoms with Crippen LogP contribution in [-0.4, -0.2) is 9.97 Å². The van der Waals surface area contributed by atoms with E-state index < -0.39 is 0 Å². The van der Waals surface area contributed by atoms with Crippen LogP contribution in [0.5, 0.6) is 0 Å². The molecule has 1 aromatic heterocycles. The highest BCUT2D eigenvalue weighted by atomic mass is 15.1. The van der Waals surface area contributed by atoms with Gasteiger partial charge in [-0.1, -0.05) is 29.8 Å². The van der Waals surface area contributed by atoms with Crippen LogP contribution in [0.25, 0.3) is 0 Å². The fourth-order valence-corrected chi connectivity index (χ4v) is 1.57. The summed E-state index contributed by atoms with van der Waals surface area (Å²) in [4.78, 5) is 8.23. The third kappa shape index (κ3) is 2.93. The summed E-state index contributed by atoms with van der Waals surface area (Å²) in [6, 6.07) is 10.2. The molecule has 0 bridgehead atoms. The summed E-state index contributed by atoms with van der Waals surface area (Å²) in [5.41, 5.74) is 8.05. The molecular weight excluding hydrogens is 212 g/mol. The van der Waals surface area contributed by atoms with Crippen molar-refractivity contribution >= 4 is 11.8 Å². The van der Waals surface area contributed by atoms with Gasteiger partial charge in [0.05, 0.1) is 6.04 Å². The van der Waals surface area contributed by atoms with Gasteiger partial charge in [0.25, 0.3) is 0 Å². The zero-order valence-corrected chi connectivity index (χ0v) is 10.0. The van der Waals surface area contributed by atoms with E-state index in [0.717, 1.165) is 0 Å². The van der Waals surface area contributed by atoms with Gasteiger partial charge in [0.2, 0.25) is 5.95 Å². The van der Waals surface area contributed by atoms with E-state index in [4.69, 9.17) is 5.73 Å². The van der Waals surface area contributed by atoms with Crippen molar-refractivity contribution in [3.63, 3.8) is 0 Å². The number of aromatic nitrogens is 2. The van der Waals surface area contributed by atoms with E-state index in [-0.39, 0.29) is 6.04 Å². The second-order valence-electron chi connectivity index (χ2n) is 4.08.